The molecule has 3 nitrogen and oxygen atoms in total. The topological polar surface area (TPSA) is 40.5 Å². The van der Waals surface area contributed by atoms with Gasteiger partial charge in [0, 0.05) is 21.9 Å². The van der Waals surface area contributed by atoms with Crippen LogP contribution < -0.4 is 0 Å². The van der Waals surface area contributed by atoms with Crippen molar-refractivity contribution in [3.05, 3.63) is 28.8 Å². The molecule has 2 aliphatic heterocycles. The second kappa shape index (κ2) is 4.98. The van der Waals surface area contributed by atoms with Crippen LogP contribution in [0.25, 0.3) is 0 Å². The number of halogens is 2. The van der Waals surface area contributed by atoms with Crippen LogP contribution in [-0.2, 0) is 0 Å². The lowest BCUT2D eigenvalue weighted by Gasteiger charge is -2.37. The molecule has 1 N–H and O–H groups in total. The molecular weight excluding hydrogens is 330 g/mol. The van der Waals surface area contributed by atoms with E-state index in [0.29, 0.717) is 27.5 Å². The van der Waals surface area contributed by atoms with E-state index >= 15 is 0 Å². The molecule has 0 saturated carbocycles. The maximum atomic E-state index is 12.6. The zero-order chi connectivity index (χ0) is 13.6. The van der Waals surface area contributed by atoms with Gasteiger partial charge in [0.1, 0.15) is 5.75 Å². The van der Waals surface area contributed by atoms with Crippen LogP contribution >= 0.6 is 27.5 Å². The first kappa shape index (κ1) is 13.3. The number of carbonyl (C=O) groups excluding carboxylic acids is 1. The minimum Gasteiger partial charge on any atom is -0.507 e. The molecule has 2 bridgehead atoms. The molecule has 0 spiro atoms. The van der Waals surface area contributed by atoms with Gasteiger partial charge in [0.15, 0.2) is 0 Å². The van der Waals surface area contributed by atoms with Gasteiger partial charge in [0.25, 0.3) is 5.91 Å². The molecule has 2 heterocycles. The summed E-state index contributed by atoms with van der Waals surface area (Å²) in [5.41, 5.74) is 0.356. The van der Waals surface area contributed by atoms with E-state index in [1.165, 1.54) is 6.07 Å². The van der Waals surface area contributed by atoms with Gasteiger partial charge < -0.3 is 10.0 Å². The number of phenolic OH excluding ortho intramolecular Hbond substituents is 1. The Balaban J connectivity index is 1.88. The Morgan fingerprint density at radius 1 is 1.32 bits per heavy atom. The summed E-state index contributed by atoms with van der Waals surface area (Å²) in [6.45, 7) is 0. The van der Waals surface area contributed by atoms with Crippen LogP contribution in [0.3, 0.4) is 0 Å². The number of rotatable bonds is 1. The third-order valence-electron chi connectivity index (χ3n) is 4.10. The molecule has 1 aromatic carbocycles. The molecule has 2 saturated heterocycles. The van der Waals surface area contributed by atoms with E-state index in [2.05, 4.69) is 15.9 Å². The van der Waals surface area contributed by atoms with Crippen LogP contribution in [0.15, 0.2) is 18.2 Å². The van der Waals surface area contributed by atoms with Crippen LogP contribution in [0, 0.1) is 0 Å². The molecule has 0 aromatic heterocycles. The molecule has 3 rings (SSSR count). The van der Waals surface area contributed by atoms with Crippen molar-refractivity contribution in [3.63, 3.8) is 0 Å². The van der Waals surface area contributed by atoms with Crippen molar-refractivity contribution in [2.45, 2.75) is 42.6 Å². The minimum absolute atomic E-state index is 0.0298. The first-order valence-electron chi connectivity index (χ1n) is 6.51. The molecule has 0 radical (unpaired) electrons. The zero-order valence-electron chi connectivity index (χ0n) is 10.4. The maximum Gasteiger partial charge on any atom is 0.258 e. The highest BCUT2D eigenvalue weighted by atomic mass is 79.9. The number of phenols is 1. The Bertz CT molecular complexity index is 508. The monoisotopic (exact) mass is 343 g/mol. The van der Waals surface area contributed by atoms with Crippen molar-refractivity contribution in [3.8, 4) is 5.75 Å². The second-order valence-electron chi connectivity index (χ2n) is 5.33. The highest BCUT2D eigenvalue weighted by molar-refractivity contribution is 9.09. The van der Waals surface area contributed by atoms with Gasteiger partial charge in [-0.3, -0.25) is 4.79 Å². The number of nitrogens with zero attached hydrogens (tertiary/aromatic N) is 1. The maximum absolute atomic E-state index is 12.6. The summed E-state index contributed by atoms with van der Waals surface area (Å²) in [5, 5.41) is 10.3. The van der Waals surface area contributed by atoms with Gasteiger partial charge in [-0.2, -0.15) is 0 Å². The first-order chi connectivity index (χ1) is 9.06. The van der Waals surface area contributed by atoms with Crippen LogP contribution in [0.2, 0.25) is 5.02 Å². The lowest BCUT2D eigenvalue weighted by molar-refractivity contribution is 0.0600. The summed E-state index contributed by atoms with van der Waals surface area (Å²) in [6.07, 6.45) is 4.12. The summed E-state index contributed by atoms with van der Waals surface area (Å²) in [7, 11) is 0. The summed E-state index contributed by atoms with van der Waals surface area (Å²) >= 11 is 9.47. The molecule has 1 aromatic rings. The normalized spacial score (nSPS) is 29.6. The SMILES string of the molecule is O=C(c1ccc(Cl)cc1O)N1C2CCC1CC(Br)C2. The summed E-state index contributed by atoms with van der Waals surface area (Å²) in [5.74, 6) is -0.0982. The minimum atomic E-state index is -0.0685. The molecule has 102 valence electrons. The number of hydrogen-bond acceptors (Lipinski definition) is 2. The van der Waals surface area contributed by atoms with Crippen LogP contribution in [-0.4, -0.2) is 32.8 Å². The van der Waals surface area contributed by atoms with Crippen molar-refractivity contribution < 1.29 is 9.90 Å². The van der Waals surface area contributed by atoms with E-state index < -0.39 is 0 Å². The fraction of sp³-hybridized carbons (Fsp3) is 0.500. The average Bonchev–Trinajstić information content (AvgIpc) is 2.61. The van der Waals surface area contributed by atoms with E-state index in [1.54, 1.807) is 12.1 Å². The molecule has 2 unspecified atom stereocenters. The van der Waals surface area contributed by atoms with Crippen molar-refractivity contribution in [1.82, 2.24) is 4.90 Å². The number of fused-ring (bicyclic) bond motifs is 2. The van der Waals surface area contributed by atoms with E-state index in [0.717, 1.165) is 25.7 Å². The van der Waals surface area contributed by atoms with E-state index in [-0.39, 0.29) is 11.7 Å². The Morgan fingerprint density at radius 2 is 1.95 bits per heavy atom. The Kier molecular flexibility index (Phi) is 3.48. The quantitative estimate of drug-likeness (QED) is 0.791. The van der Waals surface area contributed by atoms with Crippen LogP contribution in [0.1, 0.15) is 36.0 Å². The highest BCUT2D eigenvalue weighted by Crippen LogP contribution is 2.40. The molecule has 2 aliphatic rings. The molecular formula is C14H15BrClNO2. The van der Waals surface area contributed by atoms with Gasteiger partial charge in [-0.05, 0) is 43.9 Å². The third-order valence-corrected chi connectivity index (χ3v) is 5.08. The Labute approximate surface area is 125 Å². The third kappa shape index (κ3) is 2.36. The summed E-state index contributed by atoms with van der Waals surface area (Å²) in [4.78, 5) is 15.1. The Morgan fingerprint density at radius 3 is 2.53 bits per heavy atom. The lowest BCUT2D eigenvalue weighted by atomic mass is 10.0. The van der Waals surface area contributed by atoms with Crippen molar-refractivity contribution in [2.75, 3.05) is 0 Å². The number of carbonyl (C=O) groups is 1. The summed E-state index contributed by atoms with van der Waals surface area (Å²) < 4.78 is 0. The molecule has 0 aliphatic carbocycles. The van der Waals surface area contributed by atoms with Gasteiger partial charge in [0.2, 0.25) is 0 Å². The largest absolute Gasteiger partial charge is 0.507 e. The number of piperidine rings is 1. The smallest absolute Gasteiger partial charge is 0.258 e. The Hall–Kier alpha value is -0.740. The fourth-order valence-electron chi connectivity index (χ4n) is 3.27. The number of aromatic hydroxyl groups is 1. The van der Waals surface area contributed by atoms with Crippen molar-refractivity contribution in [2.24, 2.45) is 0 Å². The molecule has 1 amide bonds. The van der Waals surface area contributed by atoms with Crippen molar-refractivity contribution >= 4 is 33.4 Å². The average molecular weight is 345 g/mol. The number of amides is 1. The molecule has 2 fully saturated rings. The van der Waals surface area contributed by atoms with Gasteiger partial charge >= 0.3 is 0 Å². The lowest BCUT2D eigenvalue weighted by Crippen LogP contribution is -2.46. The number of hydrogen-bond donors (Lipinski definition) is 1. The van der Waals surface area contributed by atoms with Crippen LogP contribution in [0.5, 0.6) is 5.75 Å². The molecule has 19 heavy (non-hydrogen) atoms. The fourth-order valence-corrected chi connectivity index (χ4v) is 4.30. The number of benzene rings is 1. The second-order valence-corrected chi connectivity index (χ2v) is 7.06. The van der Waals surface area contributed by atoms with E-state index in [9.17, 15) is 9.90 Å². The molecule has 5 heteroatoms. The predicted molar refractivity (Wildman–Crippen MR) is 78.0 cm³/mol. The predicted octanol–water partition coefficient (Wildman–Crippen LogP) is 3.58. The summed E-state index contributed by atoms with van der Waals surface area (Å²) in [6, 6.07) is 5.28. The standard InChI is InChI=1S/C14H15BrClNO2/c15-8-5-10-2-3-11(6-8)17(10)14(19)12-4-1-9(16)7-13(12)18/h1,4,7-8,10-11,18H,2-3,5-6H2. The number of alkyl halides is 1. The first-order valence-corrected chi connectivity index (χ1v) is 7.81. The van der Waals surface area contributed by atoms with Gasteiger partial charge in [-0.25, -0.2) is 0 Å². The molecule has 2 atom stereocenters. The van der Waals surface area contributed by atoms with Gasteiger partial charge in [-0.15, -0.1) is 0 Å². The zero-order valence-corrected chi connectivity index (χ0v) is 12.7. The van der Waals surface area contributed by atoms with Gasteiger partial charge in [-0.1, -0.05) is 27.5 Å². The highest BCUT2D eigenvalue weighted by Gasteiger charge is 2.43. The van der Waals surface area contributed by atoms with Crippen LogP contribution in [0.4, 0.5) is 0 Å². The van der Waals surface area contributed by atoms with E-state index in [1.807, 2.05) is 4.90 Å². The van der Waals surface area contributed by atoms with Crippen molar-refractivity contribution in [1.29, 1.82) is 0 Å². The van der Waals surface area contributed by atoms with Gasteiger partial charge in [0.05, 0.1) is 5.56 Å². The van der Waals surface area contributed by atoms with E-state index in [4.69, 9.17) is 11.6 Å².